The topological polar surface area (TPSA) is 98.7 Å². The van der Waals surface area contributed by atoms with Gasteiger partial charge in [-0.05, 0) is 37.2 Å². The molecule has 0 atom stereocenters. The maximum atomic E-state index is 12.6. The van der Waals surface area contributed by atoms with Crippen LogP contribution in [0, 0.1) is 0 Å². The van der Waals surface area contributed by atoms with Crippen LogP contribution in [0.5, 0.6) is 0 Å². The third-order valence-corrected chi connectivity index (χ3v) is 5.27. The van der Waals surface area contributed by atoms with E-state index in [4.69, 9.17) is 0 Å². The van der Waals surface area contributed by atoms with Crippen LogP contribution in [0.15, 0.2) is 24.3 Å². The first-order valence-electron chi connectivity index (χ1n) is 8.10. The van der Waals surface area contributed by atoms with Crippen molar-refractivity contribution >= 4 is 39.8 Å². The molecule has 136 valence electrons. The van der Waals surface area contributed by atoms with Gasteiger partial charge in [-0.25, -0.2) is 4.79 Å². The second kappa shape index (κ2) is 7.27. The molecular weight excluding hydrogens is 354 g/mol. The van der Waals surface area contributed by atoms with Gasteiger partial charge < -0.3 is 20.6 Å². The van der Waals surface area contributed by atoms with E-state index in [1.54, 1.807) is 24.3 Å². The Morgan fingerprint density at radius 2 is 2.00 bits per heavy atom. The number of thiophene rings is 1. The molecule has 0 bridgehead atoms. The van der Waals surface area contributed by atoms with Crippen LogP contribution in [0.4, 0.5) is 10.7 Å². The number of carbonyl (C=O) groups excluding carboxylic acids is 2. The average molecular weight is 373 g/mol. The fourth-order valence-corrected chi connectivity index (χ4v) is 4.28. The van der Waals surface area contributed by atoms with Crippen LogP contribution in [0.2, 0.25) is 0 Å². The molecule has 3 N–H and O–H groups in total. The summed E-state index contributed by atoms with van der Waals surface area (Å²) in [5.74, 6) is -1.67. The van der Waals surface area contributed by atoms with Gasteiger partial charge in [0.15, 0.2) is 0 Å². The summed E-state index contributed by atoms with van der Waals surface area (Å²) < 4.78 is 0. The highest BCUT2D eigenvalue weighted by molar-refractivity contribution is 7.17. The number of hydrogen-bond donors (Lipinski definition) is 3. The molecule has 0 fully saturated rings. The van der Waals surface area contributed by atoms with Gasteiger partial charge in [-0.1, -0.05) is 6.07 Å². The minimum absolute atomic E-state index is 0.185. The maximum Gasteiger partial charge on any atom is 0.339 e. The lowest BCUT2D eigenvalue weighted by atomic mass is 10.0. The zero-order valence-corrected chi connectivity index (χ0v) is 15.3. The lowest BCUT2D eigenvalue weighted by Crippen LogP contribution is -2.26. The Morgan fingerprint density at radius 1 is 1.23 bits per heavy atom. The Kier molecular flexibility index (Phi) is 5.06. The molecule has 0 radical (unpaired) electrons. The van der Waals surface area contributed by atoms with Crippen LogP contribution >= 0.6 is 11.3 Å². The summed E-state index contributed by atoms with van der Waals surface area (Å²) in [5, 5.41) is 15.3. The van der Waals surface area contributed by atoms with Crippen molar-refractivity contribution in [1.82, 2.24) is 4.90 Å². The number of likely N-dealkylation sites (N-methyl/N-ethyl adjacent to an activating group) is 1. The number of nitrogens with one attached hydrogen (secondary N) is 2. The van der Waals surface area contributed by atoms with Gasteiger partial charge in [0.2, 0.25) is 5.91 Å². The summed E-state index contributed by atoms with van der Waals surface area (Å²) in [6.07, 6.45) is 0.651. The van der Waals surface area contributed by atoms with E-state index in [0.717, 1.165) is 17.0 Å². The van der Waals surface area contributed by atoms with Gasteiger partial charge >= 0.3 is 5.97 Å². The first-order chi connectivity index (χ1) is 12.3. The molecule has 1 aromatic carbocycles. The third kappa shape index (κ3) is 3.76. The van der Waals surface area contributed by atoms with Crippen molar-refractivity contribution in [2.24, 2.45) is 0 Å². The Hall–Kier alpha value is -2.71. The maximum absolute atomic E-state index is 12.6. The predicted octanol–water partition coefficient (Wildman–Crippen LogP) is 2.64. The van der Waals surface area contributed by atoms with Crippen LogP contribution in [0.1, 0.15) is 38.1 Å². The molecule has 2 aromatic rings. The van der Waals surface area contributed by atoms with E-state index >= 15 is 0 Å². The van der Waals surface area contributed by atoms with Crippen LogP contribution in [-0.2, 0) is 17.8 Å². The van der Waals surface area contributed by atoms with Crippen molar-refractivity contribution in [2.75, 3.05) is 24.2 Å². The number of carboxylic acid groups (broad SMARTS) is 1. The number of benzene rings is 1. The Labute approximate surface area is 154 Å². The smallest absolute Gasteiger partial charge is 0.339 e. The lowest BCUT2D eigenvalue weighted by molar-refractivity contribution is -0.114. The molecule has 7 nitrogen and oxygen atoms in total. The lowest BCUT2D eigenvalue weighted by Gasteiger charge is -2.22. The molecule has 1 aromatic heterocycles. The zero-order valence-electron chi connectivity index (χ0n) is 14.5. The van der Waals surface area contributed by atoms with Crippen LogP contribution in [0.3, 0.4) is 0 Å². The molecule has 0 spiro atoms. The van der Waals surface area contributed by atoms with Crippen LogP contribution < -0.4 is 10.6 Å². The fourth-order valence-electron chi connectivity index (χ4n) is 2.96. The highest BCUT2D eigenvalue weighted by atomic mass is 32.1. The van der Waals surface area contributed by atoms with Crippen LogP contribution in [0.25, 0.3) is 0 Å². The number of hydrogen-bond acceptors (Lipinski definition) is 5. The number of rotatable bonds is 4. The predicted molar refractivity (Wildman–Crippen MR) is 100 cm³/mol. The van der Waals surface area contributed by atoms with E-state index in [9.17, 15) is 19.5 Å². The first-order valence-corrected chi connectivity index (χ1v) is 8.92. The van der Waals surface area contributed by atoms with Gasteiger partial charge in [-0.2, -0.15) is 0 Å². The molecule has 2 heterocycles. The van der Waals surface area contributed by atoms with Crippen molar-refractivity contribution < 1.29 is 19.5 Å². The molecule has 1 aliphatic rings. The summed E-state index contributed by atoms with van der Waals surface area (Å²) in [6, 6.07) is 6.51. The number of anilines is 2. The summed E-state index contributed by atoms with van der Waals surface area (Å²) >= 11 is 1.31. The number of carboxylic acids is 1. The average Bonchev–Trinajstić information content (AvgIpc) is 2.91. The highest BCUT2D eigenvalue weighted by Gasteiger charge is 2.27. The standard InChI is InChI=1S/C18H19N3O4S/c1-10(22)19-12-5-3-4-11(8-12)16(23)20-17-15(18(24)25)13-6-7-21(2)9-14(13)26-17/h3-5,8H,6-7,9H2,1-2H3,(H,19,22)(H,20,23)(H,24,25). The molecule has 0 aliphatic carbocycles. The fraction of sp³-hybridized carbons (Fsp3) is 0.278. The Morgan fingerprint density at radius 3 is 2.69 bits per heavy atom. The van der Waals surface area contributed by atoms with Crippen molar-refractivity contribution in [2.45, 2.75) is 19.9 Å². The van der Waals surface area contributed by atoms with Crippen molar-refractivity contribution in [1.29, 1.82) is 0 Å². The quantitative estimate of drug-likeness (QED) is 0.765. The van der Waals surface area contributed by atoms with E-state index in [2.05, 4.69) is 15.5 Å². The molecule has 26 heavy (non-hydrogen) atoms. The molecule has 3 rings (SSSR count). The minimum atomic E-state index is -1.03. The van der Waals surface area contributed by atoms with Crippen LogP contribution in [-0.4, -0.2) is 41.4 Å². The highest BCUT2D eigenvalue weighted by Crippen LogP contribution is 2.37. The van der Waals surface area contributed by atoms with E-state index < -0.39 is 11.9 Å². The summed E-state index contributed by atoms with van der Waals surface area (Å²) in [7, 11) is 1.98. The Balaban J connectivity index is 1.88. The number of fused-ring (bicyclic) bond motifs is 1. The van der Waals surface area contributed by atoms with Gasteiger partial charge in [0, 0.05) is 36.1 Å². The first kappa shape index (κ1) is 18.1. The molecule has 0 saturated heterocycles. The van der Waals surface area contributed by atoms with Gasteiger partial charge in [0.05, 0.1) is 5.56 Å². The normalized spacial score (nSPS) is 13.8. The number of amides is 2. The second-order valence-corrected chi connectivity index (χ2v) is 7.32. The number of aromatic carboxylic acids is 1. The van der Waals surface area contributed by atoms with Crippen molar-refractivity contribution in [3.05, 3.63) is 45.8 Å². The van der Waals surface area contributed by atoms with Gasteiger partial charge in [-0.3, -0.25) is 9.59 Å². The molecule has 8 heteroatoms. The SMILES string of the molecule is CC(=O)Nc1cccc(C(=O)Nc2sc3c(c2C(=O)O)CCN(C)C3)c1. The summed E-state index contributed by atoms with van der Waals surface area (Å²) in [6.45, 7) is 2.85. The summed E-state index contributed by atoms with van der Waals surface area (Å²) in [5.41, 5.74) is 1.85. The molecule has 0 saturated carbocycles. The Bertz CT molecular complexity index is 891. The molecule has 2 amide bonds. The molecular formula is C18H19N3O4S. The molecule has 0 unspecified atom stereocenters. The van der Waals surface area contributed by atoms with Gasteiger partial charge in [0.25, 0.3) is 5.91 Å². The van der Waals surface area contributed by atoms with E-state index in [1.165, 1.54) is 18.3 Å². The third-order valence-electron chi connectivity index (χ3n) is 4.13. The number of nitrogens with zero attached hydrogens (tertiary/aromatic N) is 1. The van der Waals surface area contributed by atoms with Gasteiger partial charge in [-0.15, -0.1) is 11.3 Å². The van der Waals surface area contributed by atoms with Crippen molar-refractivity contribution in [3.8, 4) is 0 Å². The monoisotopic (exact) mass is 373 g/mol. The minimum Gasteiger partial charge on any atom is -0.478 e. The van der Waals surface area contributed by atoms with Crippen molar-refractivity contribution in [3.63, 3.8) is 0 Å². The summed E-state index contributed by atoms with van der Waals surface area (Å²) in [4.78, 5) is 38.6. The molecule has 1 aliphatic heterocycles. The largest absolute Gasteiger partial charge is 0.478 e. The second-order valence-electron chi connectivity index (χ2n) is 6.22. The van der Waals surface area contributed by atoms with E-state index in [0.29, 0.717) is 29.2 Å². The number of carbonyl (C=O) groups is 3. The van der Waals surface area contributed by atoms with E-state index in [1.807, 2.05) is 7.05 Å². The van der Waals surface area contributed by atoms with E-state index in [-0.39, 0.29) is 11.5 Å². The zero-order chi connectivity index (χ0) is 18.8. The van der Waals surface area contributed by atoms with Gasteiger partial charge in [0.1, 0.15) is 5.00 Å².